The molecule has 17 heavy (non-hydrogen) atoms. The molecule has 0 aromatic rings. The summed E-state index contributed by atoms with van der Waals surface area (Å²) in [6.07, 6.45) is 5.23. The van der Waals surface area contributed by atoms with Gasteiger partial charge in [0.05, 0.1) is 6.07 Å². The van der Waals surface area contributed by atoms with Gasteiger partial charge in [-0.1, -0.05) is 13.3 Å². The lowest BCUT2D eigenvalue weighted by Gasteiger charge is -2.39. The molecule has 1 atom stereocenters. The fourth-order valence-corrected chi connectivity index (χ4v) is 4.04. The number of nitrogens with zero attached hydrogens (tertiary/aromatic N) is 1. The van der Waals surface area contributed by atoms with Crippen LogP contribution in [-0.2, 0) is 4.79 Å². The van der Waals surface area contributed by atoms with E-state index in [-0.39, 0.29) is 5.91 Å². The van der Waals surface area contributed by atoms with Gasteiger partial charge in [-0.3, -0.25) is 4.79 Å². The van der Waals surface area contributed by atoms with E-state index in [1.54, 1.807) is 0 Å². The first kappa shape index (κ1) is 12.8. The van der Waals surface area contributed by atoms with Crippen LogP contribution in [0, 0.1) is 22.7 Å². The number of nitriles is 1. The maximum absolute atomic E-state index is 12.0. The Labute approximate surface area is 107 Å². The van der Waals surface area contributed by atoms with E-state index >= 15 is 0 Å². The van der Waals surface area contributed by atoms with E-state index in [2.05, 4.69) is 18.3 Å². The minimum Gasteiger partial charge on any atom is -0.354 e. The van der Waals surface area contributed by atoms with Crippen molar-refractivity contribution in [3.63, 3.8) is 0 Å². The molecule has 0 aromatic heterocycles. The minimum atomic E-state index is -0.710. The van der Waals surface area contributed by atoms with Crippen LogP contribution in [0.4, 0.5) is 0 Å². The molecule has 2 fully saturated rings. The molecule has 2 aliphatic rings. The highest BCUT2D eigenvalue weighted by atomic mass is 32.2. The summed E-state index contributed by atoms with van der Waals surface area (Å²) in [7, 11) is 0. The molecule has 1 saturated heterocycles. The van der Waals surface area contributed by atoms with Crippen LogP contribution in [-0.4, -0.2) is 23.5 Å². The van der Waals surface area contributed by atoms with Gasteiger partial charge in [0.15, 0.2) is 0 Å². The van der Waals surface area contributed by atoms with Crippen molar-refractivity contribution in [2.45, 2.75) is 44.3 Å². The van der Waals surface area contributed by atoms with Crippen LogP contribution in [0.25, 0.3) is 0 Å². The second-order valence-corrected chi connectivity index (χ2v) is 6.81. The molecule has 2 rings (SSSR count). The highest BCUT2D eigenvalue weighted by molar-refractivity contribution is 7.99. The first-order chi connectivity index (χ1) is 8.16. The molecule has 0 aromatic carbocycles. The Morgan fingerprint density at radius 3 is 2.82 bits per heavy atom. The lowest BCUT2D eigenvalue weighted by Crippen LogP contribution is -2.49. The van der Waals surface area contributed by atoms with E-state index in [0.717, 1.165) is 19.4 Å². The number of rotatable bonds is 3. The normalized spacial score (nSPS) is 36.7. The fraction of sp³-hybridized carbons (Fsp3) is 0.846. The Bertz CT molecular complexity index is 325. The summed E-state index contributed by atoms with van der Waals surface area (Å²) in [5.74, 6) is 1.69. The number of thioether (sulfide) groups is 1. The molecule has 1 amide bonds. The summed E-state index contributed by atoms with van der Waals surface area (Å²) in [4.78, 5) is 12.0. The number of hydrogen-bond acceptors (Lipinski definition) is 3. The maximum atomic E-state index is 12.0. The first-order valence-electron chi connectivity index (χ1n) is 6.47. The predicted molar refractivity (Wildman–Crippen MR) is 69.6 cm³/mol. The summed E-state index contributed by atoms with van der Waals surface area (Å²) in [5.41, 5.74) is -0.710. The Hall–Kier alpha value is -0.690. The summed E-state index contributed by atoms with van der Waals surface area (Å²) >= 11 is 1.95. The van der Waals surface area contributed by atoms with Crippen molar-refractivity contribution in [3.8, 4) is 6.07 Å². The van der Waals surface area contributed by atoms with Crippen molar-refractivity contribution in [1.29, 1.82) is 5.26 Å². The Balaban J connectivity index is 1.79. The third kappa shape index (κ3) is 2.77. The lowest BCUT2D eigenvalue weighted by molar-refractivity contribution is -0.133. The number of carbonyl (C=O) groups excluding carboxylic acids is 1. The second-order valence-electron chi connectivity index (χ2n) is 5.41. The van der Waals surface area contributed by atoms with Gasteiger partial charge < -0.3 is 5.32 Å². The molecule has 4 heteroatoms. The quantitative estimate of drug-likeness (QED) is 0.838. The van der Waals surface area contributed by atoms with E-state index in [1.807, 2.05) is 11.8 Å². The monoisotopic (exact) mass is 252 g/mol. The van der Waals surface area contributed by atoms with Crippen molar-refractivity contribution < 1.29 is 4.79 Å². The van der Waals surface area contributed by atoms with Crippen molar-refractivity contribution in [2.75, 3.05) is 12.3 Å². The Morgan fingerprint density at radius 1 is 1.53 bits per heavy atom. The zero-order valence-electron chi connectivity index (χ0n) is 10.4. The van der Waals surface area contributed by atoms with Gasteiger partial charge in [0.1, 0.15) is 5.41 Å². The van der Waals surface area contributed by atoms with Gasteiger partial charge >= 0.3 is 0 Å². The minimum absolute atomic E-state index is 0.0377. The van der Waals surface area contributed by atoms with E-state index in [1.165, 1.54) is 25.0 Å². The summed E-state index contributed by atoms with van der Waals surface area (Å²) in [6, 6.07) is 2.21. The molecule has 94 valence electrons. The van der Waals surface area contributed by atoms with Crippen molar-refractivity contribution >= 4 is 17.7 Å². The highest BCUT2D eigenvalue weighted by Gasteiger charge is 2.48. The number of amides is 1. The first-order valence-corrected chi connectivity index (χ1v) is 7.52. The summed E-state index contributed by atoms with van der Waals surface area (Å²) in [5, 5.41) is 12.7. The largest absolute Gasteiger partial charge is 0.354 e. The zero-order chi connectivity index (χ0) is 12.3. The molecule has 1 aliphatic carbocycles. The third-order valence-corrected chi connectivity index (χ3v) is 5.20. The maximum Gasteiger partial charge on any atom is 0.240 e. The average Bonchev–Trinajstić information content (AvgIpc) is 2.33. The molecule has 1 N–H and O–H groups in total. The van der Waals surface area contributed by atoms with Gasteiger partial charge in [0.2, 0.25) is 5.91 Å². The van der Waals surface area contributed by atoms with Crippen molar-refractivity contribution in [1.82, 2.24) is 5.32 Å². The molecule has 0 bridgehead atoms. The van der Waals surface area contributed by atoms with Gasteiger partial charge in [-0.15, -0.1) is 0 Å². The van der Waals surface area contributed by atoms with Crippen LogP contribution in [0.15, 0.2) is 0 Å². The molecular weight excluding hydrogens is 232 g/mol. The predicted octanol–water partition coefficient (Wildman–Crippen LogP) is 2.33. The van der Waals surface area contributed by atoms with E-state index in [4.69, 9.17) is 5.26 Å². The van der Waals surface area contributed by atoms with Crippen LogP contribution < -0.4 is 5.32 Å². The SMILES string of the molecule is CC1CC(C#N)(C(=O)NCC2CCCCS2)C1. The van der Waals surface area contributed by atoms with Gasteiger partial charge in [0, 0.05) is 11.8 Å². The third-order valence-electron chi connectivity index (χ3n) is 3.81. The van der Waals surface area contributed by atoms with Gasteiger partial charge in [0.25, 0.3) is 0 Å². The van der Waals surface area contributed by atoms with Crippen LogP contribution in [0.1, 0.15) is 39.0 Å². The average molecular weight is 252 g/mol. The van der Waals surface area contributed by atoms with E-state index in [9.17, 15) is 4.79 Å². The van der Waals surface area contributed by atoms with Crippen molar-refractivity contribution in [2.24, 2.45) is 11.3 Å². The highest BCUT2D eigenvalue weighted by Crippen LogP contribution is 2.45. The smallest absolute Gasteiger partial charge is 0.240 e. The molecule has 0 spiro atoms. The molecule has 3 nitrogen and oxygen atoms in total. The van der Waals surface area contributed by atoms with E-state index < -0.39 is 5.41 Å². The van der Waals surface area contributed by atoms with Gasteiger partial charge in [-0.05, 0) is 37.4 Å². The van der Waals surface area contributed by atoms with Gasteiger partial charge in [-0.2, -0.15) is 17.0 Å². The molecule has 1 unspecified atom stereocenters. The van der Waals surface area contributed by atoms with Crippen LogP contribution in [0.5, 0.6) is 0 Å². The lowest BCUT2D eigenvalue weighted by atomic mass is 9.63. The van der Waals surface area contributed by atoms with Crippen LogP contribution >= 0.6 is 11.8 Å². The van der Waals surface area contributed by atoms with Crippen molar-refractivity contribution in [3.05, 3.63) is 0 Å². The standard InChI is InChI=1S/C13H20N2OS/c1-10-6-13(7-10,9-14)12(16)15-8-11-4-2-3-5-17-11/h10-11H,2-8H2,1H3,(H,15,16). The van der Waals surface area contributed by atoms with E-state index in [0.29, 0.717) is 11.2 Å². The van der Waals surface area contributed by atoms with Crippen LogP contribution in [0.3, 0.4) is 0 Å². The summed E-state index contributed by atoms with van der Waals surface area (Å²) in [6.45, 7) is 2.83. The second kappa shape index (κ2) is 5.30. The molecular formula is C13H20N2OS. The zero-order valence-corrected chi connectivity index (χ0v) is 11.2. The number of carbonyl (C=O) groups is 1. The number of hydrogen-bond donors (Lipinski definition) is 1. The summed E-state index contributed by atoms with van der Waals surface area (Å²) < 4.78 is 0. The molecule has 1 heterocycles. The Morgan fingerprint density at radius 2 is 2.29 bits per heavy atom. The topological polar surface area (TPSA) is 52.9 Å². The fourth-order valence-electron chi connectivity index (χ4n) is 2.80. The van der Waals surface area contributed by atoms with Crippen LogP contribution in [0.2, 0.25) is 0 Å². The Kier molecular flexibility index (Phi) is 3.98. The molecule has 1 saturated carbocycles. The molecule has 0 radical (unpaired) electrons. The molecule has 1 aliphatic heterocycles. The number of nitrogens with one attached hydrogen (secondary N) is 1. The van der Waals surface area contributed by atoms with Gasteiger partial charge in [-0.25, -0.2) is 0 Å².